The molecule has 1 saturated heterocycles. The van der Waals surface area contributed by atoms with Crippen LogP contribution in [0.4, 0.5) is 0 Å². The van der Waals surface area contributed by atoms with E-state index < -0.39 is 0 Å². The SMILES string of the molecule is COc1ccc(OC)c(CNC(=O)c2nc([C@H]3CCCN3C(=O)c3ccccc3)n3ccccc23)c1. The Hall–Kier alpha value is -4.33. The zero-order chi connectivity index (χ0) is 25.1. The summed E-state index contributed by atoms with van der Waals surface area (Å²) in [6.45, 7) is 0.903. The Labute approximate surface area is 209 Å². The van der Waals surface area contributed by atoms with Crippen LogP contribution < -0.4 is 14.8 Å². The van der Waals surface area contributed by atoms with Crippen molar-refractivity contribution in [2.75, 3.05) is 20.8 Å². The molecule has 1 atom stereocenters. The van der Waals surface area contributed by atoms with Gasteiger partial charge in [-0.2, -0.15) is 0 Å². The van der Waals surface area contributed by atoms with Crippen molar-refractivity contribution in [3.63, 3.8) is 0 Å². The van der Waals surface area contributed by atoms with Gasteiger partial charge in [-0.05, 0) is 55.3 Å². The molecular weight excluding hydrogens is 456 g/mol. The van der Waals surface area contributed by atoms with E-state index in [-0.39, 0.29) is 24.4 Å². The molecule has 8 nitrogen and oxygen atoms in total. The van der Waals surface area contributed by atoms with Crippen LogP contribution in [-0.4, -0.2) is 46.9 Å². The molecule has 184 valence electrons. The third-order valence-electron chi connectivity index (χ3n) is 6.55. The molecule has 3 heterocycles. The number of benzene rings is 2. The molecule has 36 heavy (non-hydrogen) atoms. The fraction of sp³-hybridized carbons (Fsp3) is 0.250. The normalized spacial score (nSPS) is 15.2. The van der Waals surface area contributed by atoms with Crippen molar-refractivity contribution in [1.82, 2.24) is 19.6 Å². The van der Waals surface area contributed by atoms with Crippen LogP contribution in [0, 0.1) is 0 Å². The van der Waals surface area contributed by atoms with Gasteiger partial charge in [-0.1, -0.05) is 24.3 Å². The summed E-state index contributed by atoms with van der Waals surface area (Å²) < 4.78 is 12.7. The van der Waals surface area contributed by atoms with Gasteiger partial charge in [0.2, 0.25) is 0 Å². The molecule has 1 aliphatic rings. The van der Waals surface area contributed by atoms with E-state index in [0.29, 0.717) is 40.6 Å². The molecule has 2 aromatic carbocycles. The van der Waals surface area contributed by atoms with Crippen LogP contribution in [0.2, 0.25) is 0 Å². The van der Waals surface area contributed by atoms with Gasteiger partial charge in [-0.3, -0.25) is 9.59 Å². The van der Waals surface area contributed by atoms with E-state index in [9.17, 15) is 9.59 Å². The quantitative estimate of drug-likeness (QED) is 0.424. The first-order valence-electron chi connectivity index (χ1n) is 11.9. The summed E-state index contributed by atoms with van der Waals surface area (Å²) in [7, 11) is 3.18. The number of carbonyl (C=O) groups excluding carboxylic acids is 2. The topological polar surface area (TPSA) is 85.2 Å². The van der Waals surface area contributed by atoms with Crippen LogP contribution in [0.25, 0.3) is 5.52 Å². The highest BCUT2D eigenvalue weighted by atomic mass is 16.5. The van der Waals surface area contributed by atoms with Crippen molar-refractivity contribution >= 4 is 17.3 Å². The highest BCUT2D eigenvalue weighted by molar-refractivity contribution is 5.99. The van der Waals surface area contributed by atoms with E-state index >= 15 is 0 Å². The van der Waals surface area contributed by atoms with Gasteiger partial charge in [0.1, 0.15) is 17.3 Å². The molecule has 0 spiro atoms. The van der Waals surface area contributed by atoms with Gasteiger partial charge in [0, 0.05) is 30.4 Å². The van der Waals surface area contributed by atoms with Crippen molar-refractivity contribution in [1.29, 1.82) is 0 Å². The molecule has 0 unspecified atom stereocenters. The minimum absolute atomic E-state index is 0.0260. The largest absolute Gasteiger partial charge is 0.497 e. The number of hydrogen-bond donors (Lipinski definition) is 1. The monoisotopic (exact) mass is 484 g/mol. The summed E-state index contributed by atoms with van der Waals surface area (Å²) in [5.41, 5.74) is 2.47. The lowest BCUT2D eigenvalue weighted by Gasteiger charge is -2.24. The second kappa shape index (κ2) is 10.1. The predicted octanol–water partition coefficient (Wildman–Crippen LogP) is 4.26. The Balaban J connectivity index is 1.43. The Morgan fingerprint density at radius 1 is 1.03 bits per heavy atom. The molecule has 0 saturated carbocycles. The first-order valence-corrected chi connectivity index (χ1v) is 11.9. The van der Waals surface area contributed by atoms with Crippen molar-refractivity contribution in [2.24, 2.45) is 0 Å². The minimum atomic E-state index is -0.297. The van der Waals surface area contributed by atoms with Crippen LogP contribution >= 0.6 is 0 Å². The van der Waals surface area contributed by atoms with E-state index in [1.165, 1.54) is 0 Å². The molecule has 2 aromatic heterocycles. The number of imidazole rings is 1. The van der Waals surface area contributed by atoms with Gasteiger partial charge in [0.25, 0.3) is 11.8 Å². The van der Waals surface area contributed by atoms with E-state index in [0.717, 1.165) is 18.4 Å². The second-order valence-corrected chi connectivity index (χ2v) is 8.66. The maximum atomic E-state index is 13.3. The lowest BCUT2D eigenvalue weighted by Crippen LogP contribution is -2.31. The number of carbonyl (C=O) groups is 2. The van der Waals surface area contributed by atoms with E-state index in [4.69, 9.17) is 14.5 Å². The first-order chi connectivity index (χ1) is 17.6. The summed E-state index contributed by atoms with van der Waals surface area (Å²) in [4.78, 5) is 33.2. The highest BCUT2D eigenvalue weighted by Gasteiger charge is 2.34. The molecule has 0 bridgehead atoms. The summed E-state index contributed by atoms with van der Waals surface area (Å²) in [5.74, 6) is 1.71. The Kier molecular flexibility index (Phi) is 6.58. The number of hydrogen-bond acceptors (Lipinski definition) is 5. The van der Waals surface area contributed by atoms with Crippen molar-refractivity contribution in [2.45, 2.75) is 25.4 Å². The van der Waals surface area contributed by atoms with Crippen molar-refractivity contribution in [3.05, 3.63) is 95.6 Å². The smallest absolute Gasteiger partial charge is 0.272 e. The zero-order valence-corrected chi connectivity index (χ0v) is 20.3. The average molecular weight is 485 g/mol. The van der Waals surface area contributed by atoms with Crippen LogP contribution in [0.1, 0.15) is 51.1 Å². The van der Waals surface area contributed by atoms with Gasteiger partial charge in [0.15, 0.2) is 5.69 Å². The van der Waals surface area contributed by atoms with Crippen LogP contribution in [-0.2, 0) is 6.54 Å². The summed E-state index contributed by atoms with van der Waals surface area (Å²) in [6, 6.07) is 20.2. The molecular formula is C28H28N4O4. The molecule has 2 amide bonds. The average Bonchev–Trinajstić information content (AvgIpc) is 3.56. The second-order valence-electron chi connectivity index (χ2n) is 8.66. The number of nitrogens with zero attached hydrogens (tertiary/aromatic N) is 3. The standard InChI is InChI=1S/C28H28N4O4/c1-35-21-13-14-24(36-2)20(17-21)18-29-27(33)25-22-11-6-7-15-31(22)26(30-25)23-12-8-16-32(23)28(34)19-9-4-3-5-10-19/h3-7,9-11,13-15,17,23H,8,12,16,18H2,1-2H3,(H,29,33)/t23-/m1/s1. The van der Waals surface area contributed by atoms with E-state index in [1.54, 1.807) is 14.2 Å². The third-order valence-corrected chi connectivity index (χ3v) is 6.55. The summed E-state index contributed by atoms with van der Waals surface area (Å²) >= 11 is 0. The number of fused-ring (bicyclic) bond motifs is 1. The zero-order valence-electron chi connectivity index (χ0n) is 20.3. The molecule has 5 rings (SSSR count). The summed E-state index contributed by atoms with van der Waals surface area (Å²) in [6.07, 6.45) is 3.56. The maximum Gasteiger partial charge on any atom is 0.272 e. The first kappa shape index (κ1) is 23.4. The van der Waals surface area contributed by atoms with Gasteiger partial charge in [0.05, 0.1) is 25.8 Å². The Bertz CT molecular complexity index is 1400. The lowest BCUT2D eigenvalue weighted by molar-refractivity contribution is 0.0729. The third kappa shape index (κ3) is 4.37. The van der Waals surface area contributed by atoms with Gasteiger partial charge >= 0.3 is 0 Å². The van der Waals surface area contributed by atoms with Gasteiger partial charge < -0.3 is 24.1 Å². The van der Waals surface area contributed by atoms with Gasteiger partial charge in [-0.25, -0.2) is 4.98 Å². The highest BCUT2D eigenvalue weighted by Crippen LogP contribution is 2.34. The molecule has 0 radical (unpaired) electrons. The maximum absolute atomic E-state index is 13.3. The van der Waals surface area contributed by atoms with Crippen LogP contribution in [0.3, 0.4) is 0 Å². The van der Waals surface area contributed by atoms with Crippen LogP contribution in [0.5, 0.6) is 11.5 Å². The number of nitrogens with one attached hydrogen (secondary N) is 1. The Morgan fingerprint density at radius 2 is 1.83 bits per heavy atom. The number of aromatic nitrogens is 2. The van der Waals surface area contributed by atoms with Crippen LogP contribution in [0.15, 0.2) is 72.9 Å². The fourth-order valence-electron chi connectivity index (χ4n) is 4.77. The number of ether oxygens (including phenoxy) is 2. The number of pyridine rings is 1. The summed E-state index contributed by atoms with van der Waals surface area (Å²) in [5, 5.41) is 2.97. The number of methoxy groups -OCH3 is 2. The van der Waals surface area contributed by atoms with Crippen molar-refractivity contribution < 1.29 is 19.1 Å². The van der Waals surface area contributed by atoms with E-state index in [2.05, 4.69) is 5.32 Å². The number of likely N-dealkylation sites (tertiary alicyclic amines) is 1. The molecule has 8 heteroatoms. The predicted molar refractivity (Wildman–Crippen MR) is 135 cm³/mol. The number of rotatable bonds is 7. The molecule has 1 N–H and O–H groups in total. The molecule has 1 fully saturated rings. The van der Waals surface area contributed by atoms with Crippen molar-refractivity contribution in [3.8, 4) is 11.5 Å². The number of amides is 2. The van der Waals surface area contributed by atoms with E-state index in [1.807, 2.05) is 82.2 Å². The fourth-order valence-corrected chi connectivity index (χ4v) is 4.77. The molecule has 1 aliphatic heterocycles. The van der Waals surface area contributed by atoms with Gasteiger partial charge in [-0.15, -0.1) is 0 Å². The Morgan fingerprint density at radius 3 is 2.61 bits per heavy atom. The lowest BCUT2D eigenvalue weighted by atomic mass is 10.1. The molecule has 4 aromatic rings. The molecule has 0 aliphatic carbocycles. The minimum Gasteiger partial charge on any atom is -0.497 e.